The standard InChI is InChI=1S/C32H36F3N5O3/c1-36-30(42)21-7-12-27(29(41)14-21)37-13-3-4-24-15-25-26(5-2-6-28(25)40(24)18-32(33,34)35)38-22-8-10-23(11-9-22)39-16-31(17-39)19-43-20-31/h2,5-7,12,14-15,22-23,37-38,41H,8-11,13,16-20H2,1H3,(H,36,42). The van der Waals surface area contributed by atoms with E-state index in [0.29, 0.717) is 33.6 Å². The van der Waals surface area contributed by atoms with E-state index >= 15 is 0 Å². The van der Waals surface area contributed by atoms with Crippen molar-refractivity contribution >= 4 is 28.2 Å². The maximum absolute atomic E-state index is 13.6. The van der Waals surface area contributed by atoms with Gasteiger partial charge >= 0.3 is 6.18 Å². The number of alkyl halides is 3. The van der Waals surface area contributed by atoms with Crippen molar-refractivity contribution in [3.8, 4) is 17.6 Å². The van der Waals surface area contributed by atoms with Gasteiger partial charge in [-0.3, -0.25) is 9.69 Å². The number of aromatic hydroxyl groups is 1. The summed E-state index contributed by atoms with van der Waals surface area (Å²) in [5.74, 6) is 5.32. The summed E-state index contributed by atoms with van der Waals surface area (Å²) in [4.78, 5) is 14.3. The van der Waals surface area contributed by atoms with E-state index in [1.54, 1.807) is 30.3 Å². The number of fused-ring (bicyclic) bond motifs is 1. The Morgan fingerprint density at radius 3 is 2.51 bits per heavy atom. The number of nitrogens with one attached hydrogen (secondary N) is 3. The lowest BCUT2D eigenvalue weighted by atomic mass is 9.75. The first-order valence-electron chi connectivity index (χ1n) is 14.7. The number of hydrogen-bond acceptors (Lipinski definition) is 6. The lowest BCUT2D eigenvalue weighted by Gasteiger charge is -2.58. The number of ether oxygens (including phenoxy) is 1. The Hall–Kier alpha value is -3.88. The topological polar surface area (TPSA) is 90.8 Å². The van der Waals surface area contributed by atoms with Crippen molar-refractivity contribution in [3.05, 3.63) is 53.7 Å². The van der Waals surface area contributed by atoms with Gasteiger partial charge in [-0.05, 0) is 68.0 Å². The van der Waals surface area contributed by atoms with Gasteiger partial charge in [0.1, 0.15) is 12.3 Å². The third-order valence-electron chi connectivity index (χ3n) is 8.82. The summed E-state index contributed by atoms with van der Waals surface area (Å²) in [6.07, 6.45) is -0.179. The van der Waals surface area contributed by atoms with Crippen LogP contribution in [0.4, 0.5) is 24.5 Å². The molecule has 1 spiro atoms. The Balaban J connectivity index is 1.14. The minimum Gasteiger partial charge on any atom is -0.506 e. The molecule has 2 aromatic carbocycles. The molecule has 1 aromatic heterocycles. The fourth-order valence-corrected chi connectivity index (χ4v) is 6.56. The highest BCUT2D eigenvalue weighted by molar-refractivity contribution is 5.95. The summed E-state index contributed by atoms with van der Waals surface area (Å²) in [5, 5.41) is 20.0. The first-order valence-corrected chi connectivity index (χ1v) is 14.7. The molecule has 0 atom stereocenters. The zero-order chi connectivity index (χ0) is 30.2. The van der Waals surface area contributed by atoms with Crippen molar-refractivity contribution in [1.29, 1.82) is 0 Å². The fraction of sp³-hybridized carbons (Fsp3) is 0.469. The maximum atomic E-state index is 13.6. The third kappa shape index (κ3) is 6.26. The third-order valence-corrected chi connectivity index (χ3v) is 8.82. The Bertz CT molecular complexity index is 1550. The number of nitrogens with zero attached hydrogens (tertiary/aromatic N) is 2. The summed E-state index contributed by atoms with van der Waals surface area (Å²) in [5.41, 5.74) is 2.64. The number of phenolic OH excluding ortho intramolecular Hbond substituents is 1. The second kappa shape index (κ2) is 11.7. The number of anilines is 2. The van der Waals surface area contributed by atoms with Crippen LogP contribution in [0.2, 0.25) is 0 Å². The van der Waals surface area contributed by atoms with E-state index < -0.39 is 12.7 Å². The van der Waals surface area contributed by atoms with E-state index in [1.807, 2.05) is 6.07 Å². The number of likely N-dealkylation sites (tertiary alicyclic amines) is 1. The highest BCUT2D eigenvalue weighted by atomic mass is 19.4. The average Bonchev–Trinajstić information content (AvgIpc) is 3.27. The molecule has 0 unspecified atom stereocenters. The minimum atomic E-state index is -4.41. The molecule has 11 heteroatoms. The van der Waals surface area contributed by atoms with Crippen LogP contribution in [0.3, 0.4) is 0 Å². The van der Waals surface area contributed by atoms with E-state index in [0.717, 1.165) is 57.7 Å². The zero-order valence-electron chi connectivity index (χ0n) is 24.1. The molecular weight excluding hydrogens is 559 g/mol. The first kappa shape index (κ1) is 29.2. The molecule has 4 N–H and O–H groups in total. The molecule has 228 valence electrons. The van der Waals surface area contributed by atoms with Crippen LogP contribution in [-0.2, 0) is 11.3 Å². The summed E-state index contributed by atoms with van der Waals surface area (Å²) >= 11 is 0. The van der Waals surface area contributed by atoms with Gasteiger partial charge in [0.05, 0.1) is 36.7 Å². The van der Waals surface area contributed by atoms with Crippen molar-refractivity contribution in [2.24, 2.45) is 5.41 Å². The largest absolute Gasteiger partial charge is 0.506 e. The maximum Gasteiger partial charge on any atom is 0.406 e. The number of carbonyl (C=O) groups excluding carboxylic acids is 1. The molecule has 6 rings (SSSR count). The number of halogens is 3. The predicted octanol–water partition coefficient (Wildman–Crippen LogP) is 4.79. The van der Waals surface area contributed by atoms with E-state index in [9.17, 15) is 23.1 Å². The molecule has 8 nitrogen and oxygen atoms in total. The normalized spacial score (nSPS) is 21.4. The van der Waals surface area contributed by atoms with Crippen LogP contribution >= 0.6 is 0 Å². The van der Waals surface area contributed by atoms with Crippen molar-refractivity contribution < 1.29 is 27.8 Å². The summed E-state index contributed by atoms with van der Waals surface area (Å²) in [6, 6.07) is 12.4. The predicted molar refractivity (Wildman–Crippen MR) is 159 cm³/mol. The van der Waals surface area contributed by atoms with Gasteiger partial charge in [0, 0.05) is 54.3 Å². The van der Waals surface area contributed by atoms with E-state index in [4.69, 9.17) is 4.74 Å². The molecule has 1 saturated carbocycles. The van der Waals surface area contributed by atoms with Crippen molar-refractivity contribution in [3.63, 3.8) is 0 Å². The smallest absolute Gasteiger partial charge is 0.406 e. The number of benzene rings is 2. The molecule has 43 heavy (non-hydrogen) atoms. The van der Waals surface area contributed by atoms with Crippen molar-refractivity contribution in [2.45, 2.75) is 50.5 Å². The molecule has 2 saturated heterocycles. The van der Waals surface area contributed by atoms with Crippen LogP contribution < -0.4 is 16.0 Å². The Labute approximate surface area is 248 Å². The van der Waals surface area contributed by atoms with Gasteiger partial charge in [-0.2, -0.15) is 13.2 Å². The number of hydrogen-bond donors (Lipinski definition) is 4. The molecule has 3 aliphatic rings. The molecular formula is C32H36F3N5O3. The summed E-state index contributed by atoms with van der Waals surface area (Å²) in [7, 11) is 1.50. The number of carbonyl (C=O) groups is 1. The molecule has 0 radical (unpaired) electrons. The average molecular weight is 596 g/mol. The lowest BCUT2D eigenvalue weighted by Crippen LogP contribution is -2.68. The van der Waals surface area contributed by atoms with Crippen LogP contribution in [0.25, 0.3) is 10.9 Å². The summed E-state index contributed by atoms with van der Waals surface area (Å²) in [6.45, 7) is 2.98. The zero-order valence-corrected chi connectivity index (χ0v) is 24.1. The van der Waals surface area contributed by atoms with Gasteiger partial charge in [0.2, 0.25) is 0 Å². The number of rotatable bonds is 7. The quantitative estimate of drug-likeness (QED) is 0.232. The molecule has 1 amide bonds. The molecule has 3 fully saturated rings. The van der Waals surface area contributed by atoms with Gasteiger partial charge in [-0.1, -0.05) is 12.0 Å². The Morgan fingerprint density at radius 1 is 1.09 bits per heavy atom. The number of phenols is 1. The van der Waals surface area contributed by atoms with Gasteiger partial charge in [0.15, 0.2) is 0 Å². The van der Waals surface area contributed by atoms with Crippen LogP contribution in [0, 0.1) is 17.3 Å². The number of amides is 1. The molecule has 2 aliphatic heterocycles. The lowest BCUT2D eigenvalue weighted by molar-refractivity contribution is -0.200. The number of aromatic nitrogens is 1. The highest BCUT2D eigenvalue weighted by Gasteiger charge is 2.50. The van der Waals surface area contributed by atoms with E-state index in [1.165, 1.54) is 17.7 Å². The highest BCUT2D eigenvalue weighted by Crippen LogP contribution is 2.41. The van der Waals surface area contributed by atoms with E-state index in [-0.39, 0.29) is 29.9 Å². The Morgan fingerprint density at radius 2 is 1.86 bits per heavy atom. The SMILES string of the molecule is CNC(=O)c1ccc(NCC#Cc2cc3c(NC4CCC(N5CC6(COC6)C5)CC4)cccc3n2CC(F)(F)F)c(O)c1. The second-order valence-corrected chi connectivity index (χ2v) is 12.0. The fourth-order valence-electron chi connectivity index (χ4n) is 6.56. The van der Waals surface area contributed by atoms with Gasteiger partial charge < -0.3 is 30.4 Å². The minimum absolute atomic E-state index is 0.0833. The van der Waals surface area contributed by atoms with Crippen LogP contribution in [0.5, 0.6) is 5.75 Å². The van der Waals surface area contributed by atoms with Crippen LogP contribution in [-0.4, -0.2) is 78.6 Å². The second-order valence-electron chi connectivity index (χ2n) is 12.0. The molecule has 3 heterocycles. The molecule has 1 aliphatic carbocycles. The van der Waals surface area contributed by atoms with Crippen molar-refractivity contribution in [2.75, 3.05) is 50.5 Å². The first-order chi connectivity index (χ1) is 20.6. The van der Waals surface area contributed by atoms with Gasteiger partial charge in [-0.15, -0.1) is 0 Å². The van der Waals surface area contributed by atoms with Gasteiger partial charge in [0.25, 0.3) is 5.91 Å². The Kier molecular flexibility index (Phi) is 7.92. The van der Waals surface area contributed by atoms with Crippen molar-refractivity contribution in [1.82, 2.24) is 14.8 Å². The monoisotopic (exact) mass is 595 g/mol. The summed E-state index contributed by atoms with van der Waals surface area (Å²) < 4.78 is 47.5. The van der Waals surface area contributed by atoms with Crippen LogP contribution in [0.15, 0.2) is 42.5 Å². The van der Waals surface area contributed by atoms with Gasteiger partial charge in [-0.25, -0.2) is 0 Å². The van der Waals surface area contributed by atoms with E-state index in [2.05, 4.69) is 32.7 Å². The van der Waals surface area contributed by atoms with Crippen LogP contribution in [0.1, 0.15) is 41.7 Å². The molecule has 0 bridgehead atoms. The molecule has 3 aromatic rings.